The molecule has 29 heavy (non-hydrogen) atoms. The lowest BCUT2D eigenvalue weighted by Gasteiger charge is -2.18. The Labute approximate surface area is 172 Å². The molecule has 0 unspecified atom stereocenters. The first-order valence-corrected chi connectivity index (χ1v) is 12.0. The molecule has 2 aromatic carbocycles. The number of rotatable bonds is 9. The molecule has 0 aliphatic carbocycles. The lowest BCUT2D eigenvalue weighted by Crippen LogP contribution is -2.30. The van der Waals surface area contributed by atoms with Crippen LogP contribution in [0.15, 0.2) is 58.3 Å². The van der Waals surface area contributed by atoms with Gasteiger partial charge < -0.3 is 5.32 Å². The lowest BCUT2D eigenvalue weighted by atomic mass is 10.2. The Morgan fingerprint density at radius 1 is 0.862 bits per heavy atom. The molecule has 1 amide bonds. The first-order valence-electron chi connectivity index (χ1n) is 9.06. The van der Waals surface area contributed by atoms with Gasteiger partial charge >= 0.3 is 0 Å². The Bertz CT molecular complexity index is 1040. The summed E-state index contributed by atoms with van der Waals surface area (Å²) < 4.78 is 53.8. The number of nitrogens with zero attached hydrogens (tertiary/aromatic N) is 1. The van der Waals surface area contributed by atoms with Gasteiger partial charge in [0.1, 0.15) is 0 Å². The standard InChI is InChI=1S/C19H25N3O5S2/c1-4-22(5-2)29(26,27)19-12-10-18(11-13-19)28(24,25)20-14-16-6-8-17(9-7-16)21-15(3)23/h6-13,20H,4-5,14H2,1-3H3,(H,21,23). The third kappa shape index (κ3) is 5.86. The van der Waals surface area contributed by atoms with Crippen molar-refractivity contribution in [2.45, 2.75) is 37.1 Å². The summed E-state index contributed by atoms with van der Waals surface area (Å²) in [4.78, 5) is 11.1. The molecule has 0 saturated carbocycles. The Kier molecular flexibility index (Phi) is 7.53. The van der Waals surface area contributed by atoms with Crippen molar-refractivity contribution in [3.05, 3.63) is 54.1 Å². The van der Waals surface area contributed by atoms with Gasteiger partial charge in [0, 0.05) is 32.2 Å². The van der Waals surface area contributed by atoms with Crippen LogP contribution in [0.25, 0.3) is 0 Å². The maximum Gasteiger partial charge on any atom is 0.243 e. The average Bonchev–Trinajstić information content (AvgIpc) is 2.68. The van der Waals surface area contributed by atoms with Gasteiger partial charge in [0.05, 0.1) is 9.79 Å². The van der Waals surface area contributed by atoms with E-state index in [1.807, 2.05) is 0 Å². The molecule has 2 rings (SSSR count). The highest BCUT2D eigenvalue weighted by molar-refractivity contribution is 7.89. The van der Waals surface area contributed by atoms with Crippen LogP contribution in [0.2, 0.25) is 0 Å². The predicted octanol–water partition coefficient (Wildman–Crippen LogP) is 2.15. The molecule has 158 valence electrons. The van der Waals surface area contributed by atoms with E-state index in [-0.39, 0.29) is 22.2 Å². The highest BCUT2D eigenvalue weighted by Crippen LogP contribution is 2.19. The van der Waals surface area contributed by atoms with Crippen molar-refractivity contribution in [3.63, 3.8) is 0 Å². The minimum Gasteiger partial charge on any atom is -0.326 e. The van der Waals surface area contributed by atoms with E-state index in [0.717, 1.165) is 0 Å². The number of carbonyl (C=O) groups is 1. The van der Waals surface area contributed by atoms with Gasteiger partial charge in [-0.2, -0.15) is 4.31 Å². The molecule has 0 aliphatic heterocycles. The van der Waals surface area contributed by atoms with Crippen LogP contribution in [-0.2, 0) is 31.4 Å². The van der Waals surface area contributed by atoms with Crippen LogP contribution in [0.3, 0.4) is 0 Å². The fraction of sp³-hybridized carbons (Fsp3) is 0.316. The fourth-order valence-corrected chi connectivity index (χ4v) is 5.15. The molecule has 0 aliphatic rings. The van der Waals surface area contributed by atoms with Crippen molar-refractivity contribution in [1.29, 1.82) is 0 Å². The van der Waals surface area contributed by atoms with Gasteiger partial charge in [-0.15, -0.1) is 0 Å². The predicted molar refractivity (Wildman–Crippen MR) is 111 cm³/mol. The molecule has 10 heteroatoms. The van der Waals surface area contributed by atoms with E-state index in [4.69, 9.17) is 0 Å². The molecule has 0 radical (unpaired) electrons. The normalized spacial score (nSPS) is 12.1. The second kappa shape index (κ2) is 9.49. The summed E-state index contributed by atoms with van der Waals surface area (Å²) in [5.74, 6) is -0.190. The molecule has 2 N–H and O–H groups in total. The highest BCUT2D eigenvalue weighted by atomic mass is 32.2. The first kappa shape index (κ1) is 23.0. The lowest BCUT2D eigenvalue weighted by molar-refractivity contribution is -0.114. The summed E-state index contributed by atoms with van der Waals surface area (Å²) in [6.07, 6.45) is 0. The number of benzene rings is 2. The highest BCUT2D eigenvalue weighted by Gasteiger charge is 2.22. The third-order valence-electron chi connectivity index (χ3n) is 4.22. The van der Waals surface area contributed by atoms with E-state index in [2.05, 4.69) is 10.0 Å². The number of anilines is 1. The molecule has 0 saturated heterocycles. The summed E-state index contributed by atoms with van der Waals surface area (Å²) in [5, 5.41) is 2.63. The van der Waals surface area contributed by atoms with E-state index >= 15 is 0 Å². The van der Waals surface area contributed by atoms with Crippen LogP contribution in [0.5, 0.6) is 0 Å². The number of amides is 1. The maximum atomic E-state index is 12.5. The van der Waals surface area contributed by atoms with Gasteiger partial charge in [-0.3, -0.25) is 4.79 Å². The van der Waals surface area contributed by atoms with Crippen LogP contribution in [0.4, 0.5) is 5.69 Å². The van der Waals surface area contributed by atoms with Crippen LogP contribution in [0.1, 0.15) is 26.3 Å². The number of hydrogen-bond acceptors (Lipinski definition) is 5. The Hall–Kier alpha value is -2.27. The quantitative estimate of drug-likeness (QED) is 0.622. The van der Waals surface area contributed by atoms with Gasteiger partial charge in [-0.1, -0.05) is 26.0 Å². The smallest absolute Gasteiger partial charge is 0.243 e. The minimum absolute atomic E-state index is 0.0223. The number of hydrogen-bond donors (Lipinski definition) is 2. The topological polar surface area (TPSA) is 113 Å². The molecule has 8 nitrogen and oxygen atoms in total. The minimum atomic E-state index is -3.81. The molecule has 2 aromatic rings. The molecule has 0 heterocycles. The zero-order chi connectivity index (χ0) is 21.7. The van der Waals surface area contributed by atoms with Gasteiger partial charge in [0.25, 0.3) is 0 Å². The zero-order valence-electron chi connectivity index (χ0n) is 16.5. The number of carbonyl (C=O) groups excluding carboxylic acids is 1. The van der Waals surface area contributed by atoms with Crippen molar-refractivity contribution in [2.75, 3.05) is 18.4 Å². The average molecular weight is 440 g/mol. The van der Waals surface area contributed by atoms with Crippen molar-refractivity contribution in [1.82, 2.24) is 9.03 Å². The monoisotopic (exact) mass is 439 g/mol. The van der Waals surface area contributed by atoms with Gasteiger partial charge in [-0.05, 0) is 42.0 Å². The molecule has 0 atom stereocenters. The van der Waals surface area contributed by atoms with Crippen LogP contribution in [0, 0.1) is 0 Å². The maximum absolute atomic E-state index is 12.5. The van der Waals surface area contributed by atoms with E-state index in [9.17, 15) is 21.6 Å². The molecular weight excluding hydrogens is 414 g/mol. The third-order valence-corrected chi connectivity index (χ3v) is 7.70. The van der Waals surface area contributed by atoms with E-state index in [0.29, 0.717) is 24.3 Å². The summed E-state index contributed by atoms with van der Waals surface area (Å²) in [6, 6.07) is 11.9. The second-order valence-electron chi connectivity index (χ2n) is 6.26. The number of nitrogens with one attached hydrogen (secondary N) is 2. The van der Waals surface area contributed by atoms with Crippen LogP contribution >= 0.6 is 0 Å². The van der Waals surface area contributed by atoms with Crippen molar-refractivity contribution < 1.29 is 21.6 Å². The van der Waals surface area contributed by atoms with Crippen LogP contribution < -0.4 is 10.0 Å². The van der Waals surface area contributed by atoms with Gasteiger partial charge in [-0.25, -0.2) is 21.6 Å². The van der Waals surface area contributed by atoms with E-state index in [1.54, 1.807) is 38.1 Å². The molecular formula is C19H25N3O5S2. The summed E-state index contributed by atoms with van der Waals surface area (Å²) >= 11 is 0. The Balaban J connectivity index is 2.10. The molecule has 0 fully saturated rings. The van der Waals surface area contributed by atoms with Crippen molar-refractivity contribution in [2.24, 2.45) is 0 Å². The fourth-order valence-electron chi connectivity index (χ4n) is 2.67. The summed E-state index contributed by atoms with van der Waals surface area (Å²) in [6.45, 7) is 5.62. The van der Waals surface area contributed by atoms with E-state index in [1.165, 1.54) is 35.5 Å². The number of sulfonamides is 2. The van der Waals surface area contributed by atoms with Crippen molar-refractivity contribution >= 4 is 31.6 Å². The Morgan fingerprint density at radius 3 is 1.86 bits per heavy atom. The van der Waals surface area contributed by atoms with E-state index < -0.39 is 20.0 Å². The van der Waals surface area contributed by atoms with Crippen molar-refractivity contribution in [3.8, 4) is 0 Å². The molecule has 0 bridgehead atoms. The Morgan fingerprint density at radius 2 is 1.38 bits per heavy atom. The van der Waals surface area contributed by atoms with Gasteiger partial charge in [0.2, 0.25) is 26.0 Å². The summed E-state index contributed by atoms with van der Waals surface area (Å²) in [7, 11) is -7.45. The molecule has 0 aromatic heterocycles. The summed E-state index contributed by atoms with van der Waals surface area (Å²) in [5.41, 5.74) is 1.33. The van der Waals surface area contributed by atoms with Crippen LogP contribution in [-0.4, -0.2) is 40.1 Å². The second-order valence-corrected chi connectivity index (χ2v) is 9.97. The largest absolute Gasteiger partial charge is 0.326 e. The van der Waals surface area contributed by atoms with Gasteiger partial charge in [0.15, 0.2) is 0 Å². The molecule has 0 spiro atoms. The SMILES string of the molecule is CCN(CC)S(=O)(=O)c1ccc(S(=O)(=O)NCc2ccc(NC(C)=O)cc2)cc1. The zero-order valence-corrected chi connectivity index (χ0v) is 18.2. The first-order chi connectivity index (χ1) is 13.6.